The van der Waals surface area contributed by atoms with E-state index in [9.17, 15) is 0 Å². The van der Waals surface area contributed by atoms with Crippen LogP contribution in [0.15, 0.2) is 49.6 Å². The van der Waals surface area contributed by atoms with Crippen LogP contribution in [-0.2, 0) is 0 Å². The van der Waals surface area contributed by atoms with E-state index >= 15 is 0 Å². The quantitative estimate of drug-likeness (QED) is 0.759. The third kappa shape index (κ3) is 3.93. The number of hydrogen-bond donors (Lipinski definition) is 0. The zero-order valence-electron chi connectivity index (χ0n) is 14.2. The molecular weight excluding hydrogens is 300 g/mol. The molecule has 0 N–H and O–H groups in total. The molecular formula is C20H22O2Si. The van der Waals surface area contributed by atoms with Crippen molar-refractivity contribution in [1.29, 1.82) is 0 Å². The van der Waals surface area contributed by atoms with E-state index in [1.165, 1.54) is 10.4 Å². The highest BCUT2D eigenvalue weighted by Gasteiger charge is 2.12. The van der Waals surface area contributed by atoms with Crippen molar-refractivity contribution in [3.8, 4) is 11.5 Å². The molecule has 118 valence electrons. The molecule has 0 fully saturated rings. The van der Waals surface area contributed by atoms with Gasteiger partial charge in [-0.25, -0.2) is 0 Å². The molecule has 0 unspecified atom stereocenters. The van der Waals surface area contributed by atoms with E-state index < -0.39 is 0 Å². The average molecular weight is 322 g/mol. The summed E-state index contributed by atoms with van der Waals surface area (Å²) in [5.41, 5.74) is 4.37. The van der Waals surface area contributed by atoms with Gasteiger partial charge in [0.25, 0.3) is 0 Å². The van der Waals surface area contributed by atoms with E-state index in [0.717, 1.165) is 33.8 Å². The molecule has 3 heteroatoms. The van der Waals surface area contributed by atoms with Gasteiger partial charge in [-0.2, -0.15) is 0 Å². The normalized spacial score (nSPS) is 10.3. The minimum absolute atomic E-state index is 0.523. The van der Waals surface area contributed by atoms with Crippen molar-refractivity contribution in [1.82, 2.24) is 0 Å². The highest BCUT2D eigenvalue weighted by atomic mass is 28.2. The van der Waals surface area contributed by atoms with Gasteiger partial charge >= 0.3 is 0 Å². The van der Waals surface area contributed by atoms with Gasteiger partial charge in [0, 0.05) is 0 Å². The molecule has 2 aromatic rings. The molecule has 0 amide bonds. The van der Waals surface area contributed by atoms with Gasteiger partial charge < -0.3 is 9.47 Å². The van der Waals surface area contributed by atoms with Gasteiger partial charge in [0.1, 0.15) is 21.0 Å². The van der Waals surface area contributed by atoms with Crippen LogP contribution in [-0.4, -0.2) is 23.7 Å². The molecule has 23 heavy (non-hydrogen) atoms. The maximum Gasteiger partial charge on any atom is 0.123 e. The van der Waals surface area contributed by atoms with E-state index in [2.05, 4.69) is 37.4 Å². The first-order chi connectivity index (χ1) is 11.0. The first kappa shape index (κ1) is 17.1. The second kappa shape index (κ2) is 7.33. The lowest BCUT2D eigenvalue weighted by Crippen LogP contribution is -2.31. The van der Waals surface area contributed by atoms with Crippen molar-refractivity contribution < 1.29 is 9.47 Å². The smallest absolute Gasteiger partial charge is 0.123 e. The second-order valence-corrected chi connectivity index (χ2v) is 6.84. The number of rotatable bonds is 6. The lowest BCUT2D eigenvalue weighted by atomic mass is 10.1. The highest BCUT2D eigenvalue weighted by molar-refractivity contribution is 6.69. The Bertz CT molecular complexity index is 684. The lowest BCUT2D eigenvalue weighted by Gasteiger charge is -2.14. The Hall–Kier alpha value is -2.26. The molecule has 2 radical (unpaired) electrons. The van der Waals surface area contributed by atoms with Crippen LogP contribution in [0.2, 0.25) is 0 Å². The minimum atomic E-state index is 0.523. The molecule has 0 aliphatic rings. The zero-order chi connectivity index (χ0) is 17.0. The van der Waals surface area contributed by atoms with E-state index in [1.54, 1.807) is 14.2 Å². The Kier molecular flexibility index (Phi) is 5.45. The fourth-order valence-corrected chi connectivity index (χ4v) is 3.83. The number of benzene rings is 2. The molecule has 2 rings (SSSR count). The molecule has 0 aliphatic carbocycles. The van der Waals surface area contributed by atoms with Gasteiger partial charge in [0.15, 0.2) is 0 Å². The van der Waals surface area contributed by atoms with Crippen LogP contribution in [0.1, 0.15) is 25.0 Å². The van der Waals surface area contributed by atoms with Crippen molar-refractivity contribution in [2.75, 3.05) is 14.2 Å². The van der Waals surface area contributed by atoms with Gasteiger partial charge in [-0.15, -0.1) is 0 Å². The maximum atomic E-state index is 5.33. The van der Waals surface area contributed by atoms with E-state index in [4.69, 9.17) is 9.47 Å². The van der Waals surface area contributed by atoms with Crippen LogP contribution >= 0.6 is 0 Å². The van der Waals surface area contributed by atoms with Crippen molar-refractivity contribution in [3.63, 3.8) is 0 Å². The summed E-state index contributed by atoms with van der Waals surface area (Å²) in [4.78, 5) is 0. The number of hydrogen-bond acceptors (Lipinski definition) is 2. The third-order valence-corrected chi connectivity index (χ3v) is 5.05. The van der Waals surface area contributed by atoms with Gasteiger partial charge in [-0.05, 0) is 49.2 Å². The van der Waals surface area contributed by atoms with Crippen LogP contribution in [0.3, 0.4) is 0 Å². The van der Waals surface area contributed by atoms with Crippen LogP contribution in [0.5, 0.6) is 11.5 Å². The Morgan fingerprint density at radius 2 is 1.17 bits per heavy atom. The predicted molar refractivity (Wildman–Crippen MR) is 100 cm³/mol. The second-order valence-electron chi connectivity index (χ2n) is 5.51. The number of allylic oxidation sites excluding steroid dienone is 2. The predicted octanol–water partition coefficient (Wildman–Crippen LogP) is 3.43. The van der Waals surface area contributed by atoms with Crippen molar-refractivity contribution >= 4 is 31.0 Å². The SMILES string of the molecule is C=C(C)c1cc(OC)ccc1[Si]c1ccc(OC)cc1C(=C)C. The molecule has 0 bridgehead atoms. The largest absolute Gasteiger partial charge is 0.497 e. The van der Waals surface area contributed by atoms with Gasteiger partial charge in [-0.3, -0.25) is 0 Å². The Morgan fingerprint density at radius 3 is 1.48 bits per heavy atom. The van der Waals surface area contributed by atoms with Crippen LogP contribution in [0.25, 0.3) is 11.1 Å². The van der Waals surface area contributed by atoms with Crippen LogP contribution < -0.4 is 19.8 Å². The molecule has 0 heterocycles. The molecule has 0 saturated heterocycles. The molecule has 0 spiro atoms. The van der Waals surface area contributed by atoms with Crippen molar-refractivity contribution in [2.45, 2.75) is 13.8 Å². The molecule has 0 aromatic heterocycles. The summed E-state index contributed by atoms with van der Waals surface area (Å²) in [6.07, 6.45) is 0. The van der Waals surface area contributed by atoms with Crippen molar-refractivity contribution in [3.05, 3.63) is 60.7 Å². The number of ether oxygens (including phenoxy) is 2. The molecule has 0 saturated carbocycles. The molecule has 0 aliphatic heterocycles. The summed E-state index contributed by atoms with van der Waals surface area (Å²) in [5, 5.41) is 2.51. The first-order valence-corrected chi connectivity index (χ1v) is 8.41. The summed E-state index contributed by atoms with van der Waals surface area (Å²) in [7, 11) is 3.89. The van der Waals surface area contributed by atoms with Gasteiger partial charge in [0.05, 0.1) is 14.2 Å². The molecule has 2 nitrogen and oxygen atoms in total. The fraction of sp³-hybridized carbons (Fsp3) is 0.200. The Morgan fingerprint density at radius 1 is 0.783 bits per heavy atom. The van der Waals surface area contributed by atoms with E-state index in [-0.39, 0.29) is 0 Å². The lowest BCUT2D eigenvalue weighted by molar-refractivity contribution is 0.414. The summed E-state index contributed by atoms with van der Waals surface area (Å²) < 4.78 is 10.7. The maximum absolute atomic E-state index is 5.33. The summed E-state index contributed by atoms with van der Waals surface area (Å²) in [6, 6.07) is 12.3. The van der Waals surface area contributed by atoms with Crippen LogP contribution in [0, 0.1) is 0 Å². The Labute approximate surface area is 141 Å². The topological polar surface area (TPSA) is 18.5 Å². The summed E-state index contributed by atoms with van der Waals surface area (Å²) >= 11 is 0. The summed E-state index contributed by atoms with van der Waals surface area (Å²) in [6.45, 7) is 12.2. The third-order valence-electron chi connectivity index (χ3n) is 3.64. The minimum Gasteiger partial charge on any atom is -0.497 e. The summed E-state index contributed by atoms with van der Waals surface area (Å²) in [5.74, 6) is 1.71. The first-order valence-electron chi connectivity index (χ1n) is 7.41. The fourth-order valence-electron chi connectivity index (χ4n) is 2.37. The zero-order valence-corrected chi connectivity index (χ0v) is 15.2. The highest BCUT2D eigenvalue weighted by Crippen LogP contribution is 2.19. The number of methoxy groups -OCH3 is 2. The van der Waals surface area contributed by atoms with E-state index in [1.807, 2.05) is 26.0 Å². The molecule has 2 aromatic carbocycles. The van der Waals surface area contributed by atoms with E-state index in [0.29, 0.717) is 9.52 Å². The van der Waals surface area contributed by atoms with Gasteiger partial charge in [-0.1, -0.05) is 46.8 Å². The van der Waals surface area contributed by atoms with Crippen LogP contribution in [0.4, 0.5) is 0 Å². The van der Waals surface area contributed by atoms with Crippen molar-refractivity contribution in [2.24, 2.45) is 0 Å². The Balaban J connectivity index is 2.47. The van der Waals surface area contributed by atoms with Gasteiger partial charge in [0.2, 0.25) is 0 Å². The monoisotopic (exact) mass is 322 g/mol. The standard InChI is InChI=1S/C20H22O2Si/c1-13(2)17-11-15(21-5)7-9-19(17)23-20-10-8-16(22-6)12-18(20)14(3)4/h7-12H,1,3H2,2,4-6H3. The molecule has 0 atom stereocenters. The average Bonchev–Trinajstić information content (AvgIpc) is 2.55.